The summed E-state index contributed by atoms with van der Waals surface area (Å²) >= 11 is 0. The molecule has 0 amide bonds. The van der Waals surface area contributed by atoms with Crippen LogP contribution in [0.1, 0.15) is 278 Å². The molecule has 0 aliphatic heterocycles. The van der Waals surface area contributed by atoms with Crippen molar-refractivity contribution < 1.29 is 28.6 Å². The summed E-state index contributed by atoms with van der Waals surface area (Å²) in [6, 6.07) is 0. The van der Waals surface area contributed by atoms with Crippen molar-refractivity contribution in [3.05, 3.63) is 60.8 Å². The highest BCUT2D eigenvalue weighted by Crippen LogP contribution is 2.16. The molecule has 1 atom stereocenters. The van der Waals surface area contributed by atoms with E-state index in [9.17, 15) is 14.4 Å². The van der Waals surface area contributed by atoms with Gasteiger partial charge in [-0.2, -0.15) is 0 Å². The van der Waals surface area contributed by atoms with Crippen LogP contribution < -0.4 is 0 Å². The first kappa shape index (κ1) is 62.1. The SMILES string of the molecule is CC/C=C\C/C=C\C/C=C\C/C=C\CCCCCCCCC(=O)OCC(COC(=O)CCCCCCC/C=C\CCCCCC)OC(=O)CCCCCCCCCCCCCCCCC. The molecule has 0 rings (SSSR count). The van der Waals surface area contributed by atoms with Crippen molar-refractivity contribution in [1.29, 1.82) is 0 Å². The molecule has 0 aromatic rings. The van der Waals surface area contributed by atoms with Crippen LogP contribution >= 0.6 is 0 Å². The van der Waals surface area contributed by atoms with E-state index in [-0.39, 0.29) is 31.1 Å². The Morgan fingerprint density at radius 2 is 0.600 bits per heavy atom. The fourth-order valence-corrected chi connectivity index (χ4v) is 7.84. The van der Waals surface area contributed by atoms with E-state index in [2.05, 4.69) is 81.5 Å². The lowest BCUT2D eigenvalue weighted by atomic mass is 10.0. The van der Waals surface area contributed by atoms with Crippen LogP contribution in [0.15, 0.2) is 60.8 Å². The van der Waals surface area contributed by atoms with Gasteiger partial charge in [-0.3, -0.25) is 14.4 Å². The normalized spacial score (nSPS) is 12.5. The largest absolute Gasteiger partial charge is 0.462 e. The second-order valence-electron chi connectivity index (χ2n) is 18.5. The summed E-state index contributed by atoms with van der Waals surface area (Å²) in [5.74, 6) is -0.893. The predicted molar refractivity (Wildman–Crippen MR) is 279 cm³/mol. The monoisotopic (exact) mass is 909 g/mol. The zero-order valence-corrected chi connectivity index (χ0v) is 43.0. The molecule has 0 saturated heterocycles. The lowest BCUT2D eigenvalue weighted by Gasteiger charge is -2.18. The summed E-state index contributed by atoms with van der Waals surface area (Å²) in [6.45, 7) is 6.51. The number of allylic oxidation sites excluding steroid dienone is 10. The van der Waals surface area contributed by atoms with Crippen molar-refractivity contribution in [3.8, 4) is 0 Å². The molecular weight excluding hydrogens is 805 g/mol. The number of rotatable bonds is 50. The van der Waals surface area contributed by atoms with Crippen LogP contribution in [0.3, 0.4) is 0 Å². The van der Waals surface area contributed by atoms with Gasteiger partial charge in [-0.25, -0.2) is 0 Å². The molecule has 0 saturated carbocycles. The molecule has 0 fully saturated rings. The minimum absolute atomic E-state index is 0.0809. The quantitative estimate of drug-likeness (QED) is 0.0262. The van der Waals surface area contributed by atoms with Gasteiger partial charge in [0, 0.05) is 19.3 Å². The van der Waals surface area contributed by atoms with Crippen LogP contribution in [-0.4, -0.2) is 37.2 Å². The second kappa shape index (κ2) is 53.7. The number of unbranched alkanes of at least 4 members (excludes halogenated alkanes) is 29. The Bertz CT molecular complexity index is 1180. The van der Waals surface area contributed by atoms with Gasteiger partial charge in [-0.1, -0.05) is 236 Å². The highest BCUT2D eigenvalue weighted by atomic mass is 16.6. The van der Waals surface area contributed by atoms with Gasteiger partial charge in [0.25, 0.3) is 0 Å². The Labute approximate surface area is 402 Å². The minimum atomic E-state index is -0.781. The van der Waals surface area contributed by atoms with E-state index in [0.717, 1.165) is 96.3 Å². The number of ether oxygens (including phenoxy) is 3. The molecule has 0 heterocycles. The standard InChI is InChI=1S/C59H104O6/c1-4-7-10-13-16-19-22-25-27-28-29-30-32-34-37-40-43-46-49-52-58(61)64-55-56(54-63-57(60)51-48-45-42-39-36-33-24-21-18-15-12-9-6-3)65-59(62)53-50-47-44-41-38-35-31-26-23-20-17-14-11-8-5-2/h7,10,16,19,21,24-25,27,29-30,56H,4-6,8-9,11-15,17-18,20,22-23,26,28,31-55H2,1-3H3/b10-7-,19-16-,24-21-,27-25-,30-29-. The molecule has 0 aliphatic carbocycles. The van der Waals surface area contributed by atoms with Gasteiger partial charge in [0.05, 0.1) is 0 Å². The Balaban J connectivity index is 4.38. The summed E-state index contributed by atoms with van der Waals surface area (Å²) < 4.78 is 16.8. The fraction of sp³-hybridized carbons (Fsp3) is 0.780. The van der Waals surface area contributed by atoms with Gasteiger partial charge in [-0.05, 0) is 83.5 Å². The van der Waals surface area contributed by atoms with Gasteiger partial charge < -0.3 is 14.2 Å². The van der Waals surface area contributed by atoms with Crippen LogP contribution in [0.4, 0.5) is 0 Å². The van der Waals surface area contributed by atoms with Crippen molar-refractivity contribution in [1.82, 2.24) is 0 Å². The molecule has 0 aliphatic rings. The maximum atomic E-state index is 12.8. The van der Waals surface area contributed by atoms with Crippen LogP contribution in [0.25, 0.3) is 0 Å². The first-order valence-electron chi connectivity index (χ1n) is 27.8. The Hall–Kier alpha value is -2.89. The molecule has 0 spiro atoms. The summed E-state index contributed by atoms with van der Waals surface area (Å²) in [4.78, 5) is 38.1. The molecule has 0 N–H and O–H groups in total. The van der Waals surface area contributed by atoms with Crippen molar-refractivity contribution >= 4 is 17.9 Å². The molecule has 0 radical (unpaired) electrons. The van der Waals surface area contributed by atoms with Gasteiger partial charge in [0.1, 0.15) is 13.2 Å². The third-order valence-corrected chi connectivity index (χ3v) is 12.0. The third kappa shape index (κ3) is 51.9. The van der Waals surface area contributed by atoms with Crippen LogP contribution in [-0.2, 0) is 28.6 Å². The van der Waals surface area contributed by atoms with E-state index in [4.69, 9.17) is 14.2 Å². The van der Waals surface area contributed by atoms with Crippen molar-refractivity contribution in [3.63, 3.8) is 0 Å². The molecule has 0 bridgehead atoms. The number of hydrogen-bond donors (Lipinski definition) is 0. The van der Waals surface area contributed by atoms with Crippen LogP contribution in [0.5, 0.6) is 0 Å². The van der Waals surface area contributed by atoms with Gasteiger partial charge in [0.2, 0.25) is 0 Å². The molecular formula is C59H104O6. The minimum Gasteiger partial charge on any atom is -0.462 e. The Morgan fingerprint density at radius 1 is 0.323 bits per heavy atom. The zero-order valence-electron chi connectivity index (χ0n) is 43.0. The van der Waals surface area contributed by atoms with E-state index in [0.29, 0.717) is 19.3 Å². The molecule has 376 valence electrons. The molecule has 1 unspecified atom stereocenters. The highest BCUT2D eigenvalue weighted by molar-refractivity contribution is 5.71. The summed E-state index contributed by atoms with van der Waals surface area (Å²) in [5, 5.41) is 0. The first-order chi connectivity index (χ1) is 32.0. The molecule has 6 nitrogen and oxygen atoms in total. The fourth-order valence-electron chi connectivity index (χ4n) is 7.84. The van der Waals surface area contributed by atoms with Crippen molar-refractivity contribution in [2.75, 3.05) is 13.2 Å². The predicted octanol–water partition coefficient (Wildman–Crippen LogP) is 18.4. The average Bonchev–Trinajstić information content (AvgIpc) is 3.30. The second-order valence-corrected chi connectivity index (χ2v) is 18.5. The molecule has 0 aromatic heterocycles. The third-order valence-electron chi connectivity index (χ3n) is 12.0. The van der Waals surface area contributed by atoms with Crippen LogP contribution in [0, 0.1) is 0 Å². The lowest BCUT2D eigenvalue weighted by Crippen LogP contribution is -2.30. The van der Waals surface area contributed by atoms with Gasteiger partial charge >= 0.3 is 17.9 Å². The summed E-state index contributed by atoms with van der Waals surface area (Å²) in [5.41, 5.74) is 0. The lowest BCUT2D eigenvalue weighted by molar-refractivity contribution is -0.167. The summed E-state index contributed by atoms with van der Waals surface area (Å²) in [6.07, 6.45) is 66.3. The molecule has 65 heavy (non-hydrogen) atoms. The Kier molecular flexibility index (Phi) is 51.3. The zero-order chi connectivity index (χ0) is 47.2. The maximum Gasteiger partial charge on any atom is 0.306 e. The average molecular weight is 909 g/mol. The smallest absolute Gasteiger partial charge is 0.306 e. The Morgan fingerprint density at radius 3 is 0.969 bits per heavy atom. The van der Waals surface area contributed by atoms with Crippen LogP contribution in [0.2, 0.25) is 0 Å². The van der Waals surface area contributed by atoms with E-state index < -0.39 is 6.10 Å². The van der Waals surface area contributed by atoms with E-state index in [1.165, 1.54) is 141 Å². The van der Waals surface area contributed by atoms with E-state index >= 15 is 0 Å². The topological polar surface area (TPSA) is 78.9 Å². The van der Waals surface area contributed by atoms with E-state index in [1.54, 1.807) is 0 Å². The van der Waals surface area contributed by atoms with Gasteiger partial charge in [0.15, 0.2) is 6.10 Å². The number of carbonyl (C=O) groups excluding carboxylic acids is 3. The number of hydrogen-bond acceptors (Lipinski definition) is 6. The van der Waals surface area contributed by atoms with Crippen molar-refractivity contribution in [2.45, 2.75) is 284 Å². The first-order valence-corrected chi connectivity index (χ1v) is 27.8. The summed E-state index contributed by atoms with van der Waals surface area (Å²) in [7, 11) is 0. The molecule has 0 aromatic carbocycles. The van der Waals surface area contributed by atoms with E-state index in [1.807, 2.05) is 0 Å². The molecule has 6 heteroatoms. The number of carbonyl (C=O) groups is 3. The van der Waals surface area contributed by atoms with Gasteiger partial charge in [-0.15, -0.1) is 0 Å². The number of esters is 3. The maximum absolute atomic E-state index is 12.8. The highest BCUT2D eigenvalue weighted by Gasteiger charge is 2.19. The van der Waals surface area contributed by atoms with Crippen molar-refractivity contribution in [2.24, 2.45) is 0 Å².